The fraction of sp³-hybridized carbons (Fsp3) is 0.0263. The number of benzene rings is 5. The van der Waals surface area contributed by atoms with E-state index in [1.807, 2.05) is 48.7 Å². The normalized spacial score (nSPS) is 14.7. The van der Waals surface area contributed by atoms with Crippen LogP contribution in [0.15, 0.2) is 160 Å². The highest BCUT2D eigenvalue weighted by Crippen LogP contribution is 2.33. The van der Waals surface area contributed by atoms with E-state index in [-0.39, 0.29) is 0 Å². The zero-order valence-corrected chi connectivity index (χ0v) is 23.2. The molecule has 1 aliphatic rings. The Morgan fingerprint density at radius 3 is 1.81 bits per heavy atom. The van der Waals surface area contributed by atoms with Gasteiger partial charge >= 0.3 is 0 Å². The molecule has 0 amide bonds. The number of nitrogens with one attached hydrogen (secondary N) is 1. The Morgan fingerprint density at radius 1 is 0.512 bits per heavy atom. The minimum Gasteiger partial charge on any atom is -0.456 e. The summed E-state index contributed by atoms with van der Waals surface area (Å²) in [6, 6.07) is 45.8. The van der Waals surface area contributed by atoms with Gasteiger partial charge in [0.15, 0.2) is 6.17 Å². The predicted molar refractivity (Wildman–Crippen MR) is 174 cm³/mol. The third kappa shape index (κ3) is 4.67. The van der Waals surface area contributed by atoms with Crippen molar-refractivity contribution in [3.05, 3.63) is 163 Å². The summed E-state index contributed by atoms with van der Waals surface area (Å²) in [5.74, 6) is 1.52. The van der Waals surface area contributed by atoms with E-state index in [4.69, 9.17) is 14.4 Å². The van der Waals surface area contributed by atoms with Gasteiger partial charge in [0.2, 0.25) is 0 Å². The molecule has 1 aliphatic heterocycles. The van der Waals surface area contributed by atoms with E-state index in [2.05, 4.69) is 101 Å². The van der Waals surface area contributed by atoms with Gasteiger partial charge in [0.25, 0.3) is 0 Å². The molecule has 3 heterocycles. The second-order valence-corrected chi connectivity index (χ2v) is 10.5. The van der Waals surface area contributed by atoms with Crippen LogP contribution in [0.3, 0.4) is 0 Å². The van der Waals surface area contributed by atoms with Crippen LogP contribution in [0.2, 0.25) is 0 Å². The molecule has 1 atom stereocenters. The van der Waals surface area contributed by atoms with Crippen LogP contribution in [-0.4, -0.2) is 16.7 Å². The largest absolute Gasteiger partial charge is 0.456 e. The number of rotatable bonds is 5. The lowest BCUT2D eigenvalue weighted by molar-refractivity contribution is 0.668. The summed E-state index contributed by atoms with van der Waals surface area (Å²) < 4.78 is 6.14. The highest BCUT2D eigenvalue weighted by molar-refractivity contribution is 6.23. The van der Waals surface area contributed by atoms with Crippen LogP contribution in [0.25, 0.3) is 44.2 Å². The molecule has 0 saturated heterocycles. The van der Waals surface area contributed by atoms with Crippen LogP contribution < -0.4 is 5.32 Å². The first-order valence-corrected chi connectivity index (χ1v) is 14.3. The number of hydrogen-bond acceptors (Lipinski definition) is 5. The molecule has 0 aliphatic carbocycles. The summed E-state index contributed by atoms with van der Waals surface area (Å²) >= 11 is 0. The molecule has 5 aromatic carbocycles. The molecule has 8 rings (SSSR count). The van der Waals surface area contributed by atoms with Crippen molar-refractivity contribution in [2.75, 3.05) is 0 Å². The van der Waals surface area contributed by atoms with E-state index < -0.39 is 6.17 Å². The Hall–Kier alpha value is -5.81. The Bertz CT molecular complexity index is 2130. The number of nitrogens with zero attached hydrogens (tertiary/aromatic N) is 3. The van der Waals surface area contributed by atoms with Crippen LogP contribution in [0.1, 0.15) is 22.9 Å². The second-order valence-electron chi connectivity index (χ2n) is 10.5. The summed E-state index contributed by atoms with van der Waals surface area (Å²) in [5.41, 5.74) is 9.31. The van der Waals surface area contributed by atoms with Crippen LogP contribution in [0, 0.1) is 0 Å². The number of aliphatic imine (C=N–C) groups is 2. The van der Waals surface area contributed by atoms with Gasteiger partial charge in [-0.2, -0.15) is 0 Å². The maximum Gasteiger partial charge on any atom is 0.169 e. The first-order valence-electron chi connectivity index (χ1n) is 14.3. The van der Waals surface area contributed by atoms with Gasteiger partial charge in [0.1, 0.15) is 22.8 Å². The molecule has 7 aromatic rings. The third-order valence-electron chi connectivity index (χ3n) is 7.87. The summed E-state index contributed by atoms with van der Waals surface area (Å²) in [4.78, 5) is 14.6. The van der Waals surface area contributed by atoms with Crippen molar-refractivity contribution < 1.29 is 4.42 Å². The predicted octanol–water partition coefficient (Wildman–Crippen LogP) is 8.81. The molecule has 43 heavy (non-hydrogen) atoms. The fourth-order valence-corrected chi connectivity index (χ4v) is 5.68. The zero-order chi connectivity index (χ0) is 28.6. The Kier molecular flexibility index (Phi) is 6.12. The fourth-order valence-electron chi connectivity index (χ4n) is 5.68. The minimum absolute atomic E-state index is 0.410. The van der Waals surface area contributed by atoms with Gasteiger partial charge in [-0.15, -0.1) is 0 Å². The van der Waals surface area contributed by atoms with Gasteiger partial charge in [-0.25, -0.2) is 9.98 Å². The molecule has 0 saturated carbocycles. The van der Waals surface area contributed by atoms with Crippen LogP contribution in [0.4, 0.5) is 0 Å². The van der Waals surface area contributed by atoms with Crippen molar-refractivity contribution in [3.8, 4) is 22.3 Å². The van der Waals surface area contributed by atoms with Gasteiger partial charge in [-0.3, -0.25) is 4.98 Å². The molecule has 0 fully saturated rings. The molecule has 204 valence electrons. The Morgan fingerprint density at radius 2 is 1.12 bits per heavy atom. The van der Waals surface area contributed by atoms with Crippen LogP contribution >= 0.6 is 0 Å². The van der Waals surface area contributed by atoms with Gasteiger partial charge in [-0.05, 0) is 39.9 Å². The van der Waals surface area contributed by atoms with Crippen molar-refractivity contribution in [1.29, 1.82) is 0 Å². The van der Waals surface area contributed by atoms with Crippen molar-refractivity contribution in [3.63, 3.8) is 0 Å². The number of fused-ring (bicyclic) bond motifs is 3. The first kappa shape index (κ1) is 24.9. The lowest BCUT2D eigenvalue weighted by Gasteiger charge is -2.23. The minimum atomic E-state index is -0.410. The maximum absolute atomic E-state index is 6.14. The zero-order valence-electron chi connectivity index (χ0n) is 23.2. The van der Waals surface area contributed by atoms with Gasteiger partial charge in [0.05, 0.1) is 0 Å². The lowest BCUT2D eigenvalue weighted by atomic mass is 9.99. The SMILES string of the molecule is c1ccc(C2=NC(c3ccc(-c4ccc(-c5ccccc5)cc4)cc3)N=C(c3cccc4oc5ccncc5c34)N2)cc1. The Balaban J connectivity index is 1.18. The van der Waals surface area contributed by atoms with E-state index in [0.29, 0.717) is 0 Å². The number of furan rings is 1. The second kappa shape index (κ2) is 10.5. The van der Waals surface area contributed by atoms with Crippen molar-refractivity contribution >= 4 is 33.6 Å². The first-order chi connectivity index (χ1) is 21.3. The lowest BCUT2D eigenvalue weighted by Crippen LogP contribution is -2.36. The molecule has 0 bridgehead atoms. The molecule has 1 unspecified atom stereocenters. The molecule has 0 radical (unpaired) electrons. The number of hydrogen-bond donors (Lipinski definition) is 1. The van der Waals surface area contributed by atoms with Crippen molar-refractivity contribution in [1.82, 2.24) is 10.3 Å². The summed E-state index contributed by atoms with van der Waals surface area (Å²) in [7, 11) is 0. The smallest absolute Gasteiger partial charge is 0.169 e. The Labute approximate surface area is 248 Å². The van der Waals surface area contributed by atoms with Gasteiger partial charge < -0.3 is 9.73 Å². The van der Waals surface area contributed by atoms with Crippen molar-refractivity contribution in [2.45, 2.75) is 6.17 Å². The summed E-state index contributed by atoms with van der Waals surface area (Å²) in [6.07, 6.45) is 3.19. The van der Waals surface area contributed by atoms with Gasteiger partial charge in [0, 0.05) is 34.3 Å². The van der Waals surface area contributed by atoms with E-state index in [9.17, 15) is 0 Å². The number of amidine groups is 2. The number of pyridine rings is 1. The molecule has 5 nitrogen and oxygen atoms in total. The summed E-state index contributed by atoms with van der Waals surface area (Å²) in [5, 5.41) is 5.47. The standard InChI is InChI=1S/C38H26N4O/c1-3-8-25(9-4-1)26-14-16-27(17-15-26)28-18-20-30(21-19-28)37-40-36(29-10-5-2-6-11-29)41-38(42-37)31-12-7-13-34-35(31)32-24-39-23-22-33(32)43-34/h1-24,37H,(H,40,41,42). The average Bonchev–Trinajstić information content (AvgIpc) is 3.48. The van der Waals surface area contributed by atoms with E-state index >= 15 is 0 Å². The topological polar surface area (TPSA) is 62.8 Å². The molecule has 1 N–H and O–H groups in total. The highest BCUT2D eigenvalue weighted by atomic mass is 16.3. The van der Waals surface area contributed by atoms with Crippen LogP contribution in [0.5, 0.6) is 0 Å². The highest BCUT2D eigenvalue weighted by Gasteiger charge is 2.23. The van der Waals surface area contributed by atoms with E-state index in [1.54, 1.807) is 6.20 Å². The van der Waals surface area contributed by atoms with Crippen molar-refractivity contribution in [2.24, 2.45) is 9.98 Å². The maximum atomic E-state index is 6.14. The number of aromatic nitrogens is 1. The van der Waals surface area contributed by atoms with Crippen LogP contribution in [-0.2, 0) is 0 Å². The summed E-state index contributed by atoms with van der Waals surface area (Å²) in [6.45, 7) is 0. The van der Waals surface area contributed by atoms with E-state index in [1.165, 1.54) is 16.7 Å². The molecular formula is C38H26N4O. The molecule has 5 heteroatoms. The molecular weight excluding hydrogens is 528 g/mol. The quantitative estimate of drug-likeness (QED) is 0.231. The van der Waals surface area contributed by atoms with Gasteiger partial charge in [-0.1, -0.05) is 121 Å². The average molecular weight is 555 g/mol. The monoisotopic (exact) mass is 554 g/mol. The molecule has 2 aromatic heterocycles. The van der Waals surface area contributed by atoms with E-state index in [0.717, 1.165) is 55.9 Å². The molecule has 0 spiro atoms. The third-order valence-corrected chi connectivity index (χ3v) is 7.87.